The molecule has 0 unspecified atom stereocenters. The molecule has 1 aromatic heterocycles. The minimum absolute atomic E-state index is 0.00160. The number of ether oxygens (including phenoxy) is 2. The number of allylic oxidation sites excluding steroid dienone is 1. The largest absolute Gasteiger partial charge is 0.496 e. The van der Waals surface area contributed by atoms with Gasteiger partial charge in [0.2, 0.25) is 0 Å². The number of carbonyl (C=O) groups is 1. The molecule has 2 aromatic carbocycles. The molecule has 2 heterocycles. The maximum absolute atomic E-state index is 13.5. The summed E-state index contributed by atoms with van der Waals surface area (Å²) in [5.41, 5.74) is 3.93. The van der Waals surface area contributed by atoms with Gasteiger partial charge < -0.3 is 9.47 Å². The third kappa shape index (κ3) is 5.67. The summed E-state index contributed by atoms with van der Waals surface area (Å²) in [6.07, 6.45) is -3.40. The van der Waals surface area contributed by atoms with Crippen LogP contribution in [0.5, 0.6) is 5.75 Å². The van der Waals surface area contributed by atoms with Crippen LogP contribution in [0, 0.1) is 12.3 Å². The number of hydrogen-bond donors (Lipinski definition) is 0. The van der Waals surface area contributed by atoms with Crippen LogP contribution in [0.4, 0.5) is 18.0 Å². The lowest BCUT2D eigenvalue weighted by Crippen LogP contribution is -2.35. The van der Waals surface area contributed by atoms with E-state index in [4.69, 9.17) is 9.47 Å². The van der Waals surface area contributed by atoms with E-state index in [9.17, 15) is 18.0 Å². The fourth-order valence-corrected chi connectivity index (χ4v) is 5.95. The second kappa shape index (κ2) is 10.5. The third-order valence-corrected chi connectivity index (χ3v) is 8.08. The van der Waals surface area contributed by atoms with Crippen molar-refractivity contribution in [1.29, 1.82) is 0 Å². The van der Waals surface area contributed by atoms with Crippen LogP contribution >= 0.6 is 0 Å². The number of nitrogens with zero attached hydrogens (tertiary/aromatic N) is 5. The van der Waals surface area contributed by atoms with E-state index in [1.54, 1.807) is 36.7 Å². The van der Waals surface area contributed by atoms with Gasteiger partial charge in [0, 0.05) is 24.7 Å². The Morgan fingerprint density at radius 1 is 1.17 bits per heavy atom. The first-order chi connectivity index (χ1) is 19.3. The average Bonchev–Trinajstić information content (AvgIpc) is 3.45. The predicted octanol–water partition coefficient (Wildman–Crippen LogP) is 6.76. The smallest absolute Gasteiger partial charge is 0.416 e. The van der Waals surface area contributed by atoms with Crippen molar-refractivity contribution in [2.75, 3.05) is 13.7 Å². The molecule has 3 aromatic rings. The monoisotopic (exact) mass is 569 g/mol. The first-order valence-electron chi connectivity index (χ1n) is 13.6. The van der Waals surface area contributed by atoms with Gasteiger partial charge >= 0.3 is 12.3 Å². The summed E-state index contributed by atoms with van der Waals surface area (Å²) in [5.74, 6) is 1.31. The van der Waals surface area contributed by atoms with Crippen molar-refractivity contribution in [3.05, 3.63) is 64.2 Å². The van der Waals surface area contributed by atoms with Crippen LogP contribution in [-0.4, -0.2) is 50.9 Å². The fourth-order valence-electron chi connectivity index (χ4n) is 5.95. The molecule has 11 heteroatoms. The van der Waals surface area contributed by atoms with E-state index in [-0.39, 0.29) is 5.41 Å². The van der Waals surface area contributed by atoms with E-state index in [1.807, 2.05) is 25.1 Å². The molecule has 1 aliphatic carbocycles. The maximum atomic E-state index is 13.5. The summed E-state index contributed by atoms with van der Waals surface area (Å²) >= 11 is 0. The highest BCUT2D eigenvalue weighted by Gasteiger charge is 2.42. The van der Waals surface area contributed by atoms with Gasteiger partial charge in [-0.1, -0.05) is 25.5 Å². The van der Waals surface area contributed by atoms with Crippen LogP contribution in [0.15, 0.2) is 42.0 Å². The molecule has 2 atom stereocenters. The summed E-state index contributed by atoms with van der Waals surface area (Å²) in [5, 5.41) is 11.8. The zero-order valence-electron chi connectivity index (χ0n) is 24.0. The second-order valence-corrected chi connectivity index (χ2v) is 11.8. The van der Waals surface area contributed by atoms with Crippen molar-refractivity contribution in [3.63, 3.8) is 0 Å². The zero-order valence-corrected chi connectivity index (χ0v) is 24.0. The molecule has 0 radical (unpaired) electrons. The maximum Gasteiger partial charge on any atom is 0.416 e. The zero-order chi connectivity index (χ0) is 29.7. The number of tetrazole rings is 1. The van der Waals surface area contributed by atoms with Crippen molar-refractivity contribution in [2.45, 2.75) is 65.3 Å². The Labute approximate surface area is 237 Å². The summed E-state index contributed by atoms with van der Waals surface area (Å²) in [6.45, 7) is 8.12. The Balaban J connectivity index is 1.53. The van der Waals surface area contributed by atoms with Gasteiger partial charge in [0.25, 0.3) is 0 Å². The number of carbonyl (C=O) groups excluding carboxylic acids is 1. The quantitative estimate of drug-likeness (QED) is 0.326. The highest BCUT2D eigenvalue weighted by atomic mass is 19.4. The van der Waals surface area contributed by atoms with Crippen LogP contribution in [0.25, 0.3) is 17.0 Å². The van der Waals surface area contributed by atoms with Gasteiger partial charge in [0.05, 0.1) is 18.7 Å². The number of halogens is 3. The minimum Gasteiger partial charge on any atom is -0.496 e. The standard InChI is InChI=1S/C30H34F3N5O3/c1-17-11-20(13-22(12-17)30(31,32)33)26-18(2)38(28(39)41-26)16-21-15-29(3,4)10-9-23(21)24-14-19(7-8-25(24)40-6)27-34-35-36-37(27)5/h7-8,11-14,18,26H,9-10,15-16H2,1-6H3/t18-,26-/m0/s1. The van der Waals surface area contributed by atoms with Gasteiger partial charge in [0.15, 0.2) is 5.82 Å². The lowest BCUT2D eigenvalue weighted by Gasteiger charge is -2.36. The Bertz CT molecular complexity index is 1510. The first-order valence-corrected chi connectivity index (χ1v) is 13.6. The summed E-state index contributed by atoms with van der Waals surface area (Å²) in [6, 6.07) is 9.17. The molecule has 8 nitrogen and oxygen atoms in total. The lowest BCUT2D eigenvalue weighted by molar-refractivity contribution is -0.137. The predicted molar refractivity (Wildman–Crippen MR) is 147 cm³/mol. The van der Waals surface area contributed by atoms with Crippen molar-refractivity contribution in [3.8, 4) is 17.1 Å². The molecule has 0 saturated carbocycles. The van der Waals surface area contributed by atoms with Crippen molar-refractivity contribution in [1.82, 2.24) is 25.1 Å². The summed E-state index contributed by atoms with van der Waals surface area (Å²) < 4.78 is 53.6. The number of hydrogen-bond acceptors (Lipinski definition) is 6. The molecule has 218 valence electrons. The summed E-state index contributed by atoms with van der Waals surface area (Å²) in [7, 11) is 3.40. The SMILES string of the molecule is COc1ccc(-c2nnnn2C)cc1C1=C(CN2C(=O)O[C@H](c3cc(C)cc(C(F)(F)F)c3)[C@@H]2C)CC(C)(C)CC1. The van der Waals surface area contributed by atoms with E-state index in [2.05, 4.69) is 29.4 Å². The number of alkyl halides is 3. The van der Waals surface area contributed by atoms with E-state index in [0.717, 1.165) is 53.7 Å². The highest BCUT2D eigenvalue weighted by molar-refractivity contribution is 5.79. The minimum atomic E-state index is -4.49. The van der Waals surface area contributed by atoms with E-state index in [0.29, 0.717) is 29.2 Å². The van der Waals surface area contributed by atoms with Gasteiger partial charge in [-0.05, 0) is 96.0 Å². The lowest BCUT2D eigenvalue weighted by atomic mass is 9.72. The molecule has 0 spiro atoms. The number of amides is 1. The number of aryl methyl sites for hydroxylation is 2. The van der Waals surface area contributed by atoms with Gasteiger partial charge in [-0.3, -0.25) is 4.90 Å². The second-order valence-electron chi connectivity index (χ2n) is 11.8. The molecular weight excluding hydrogens is 535 g/mol. The molecule has 1 amide bonds. The molecule has 1 saturated heterocycles. The van der Waals surface area contributed by atoms with Gasteiger partial charge in [-0.25, -0.2) is 9.48 Å². The number of rotatable bonds is 6. The molecule has 0 bridgehead atoms. The van der Waals surface area contributed by atoms with Crippen molar-refractivity contribution < 1.29 is 27.4 Å². The summed E-state index contributed by atoms with van der Waals surface area (Å²) in [4.78, 5) is 14.8. The molecular formula is C30H34F3N5O3. The van der Waals surface area contributed by atoms with Gasteiger partial charge in [-0.2, -0.15) is 13.2 Å². The van der Waals surface area contributed by atoms with Crippen LogP contribution in [0.2, 0.25) is 0 Å². The number of cyclic esters (lactones) is 1. The Kier molecular flexibility index (Phi) is 7.33. The Morgan fingerprint density at radius 2 is 1.93 bits per heavy atom. The molecule has 1 fully saturated rings. The van der Waals surface area contributed by atoms with Crippen LogP contribution in [0.1, 0.15) is 68.4 Å². The molecule has 0 N–H and O–H groups in total. The van der Waals surface area contributed by atoms with Crippen LogP contribution in [-0.2, 0) is 18.0 Å². The third-order valence-electron chi connectivity index (χ3n) is 8.08. The van der Waals surface area contributed by atoms with Crippen molar-refractivity contribution >= 4 is 11.7 Å². The van der Waals surface area contributed by atoms with E-state index in [1.165, 1.54) is 0 Å². The molecule has 41 heavy (non-hydrogen) atoms. The first kappa shape index (κ1) is 28.6. The topological polar surface area (TPSA) is 82.4 Å². The number of methoxy groups -OCH3 is 1. The highest BCUT2D eigenvalue weighted by Crippen LogP contribution is 2.46. The van der Waals surface area contributed by atoms with Gasteiger partial charge in [0.1, 0.15) is 11.9 Å². The Morgan fingerprint density at radius 3 is 2.59 bits per heavy atom. The normalized spacial score (nSPS) is 20.9. The molecule has 2 aliphatic rings. The number of benzene rings is 2. The fraction of sp³-hybridized carbons (Fsp3) is 0.467. The number of aromatic nitrogens is 4. The Hall–Kier alpha value is -3.89. The van der Waals surface area contributed by atoms with E-state index >= 15 is 0 Å². The van der Waals surface area contributed by atoms with Crippen LogP contribution < -0.4 is 4.74 Å². The van der Waals surface area contributed by atoms with Crippen LogP contribution in [0.3, 0.4) is 0 Å². The average molecular weight is 570 g/mol. The molecule has 1 aliphatic heterocycles. The van der Waals surface area contributed by atoms with E-state index < -0.39 is 30.0 Å². The molecule has 5 rings (SSSR count). The van der Waals surface area contributed by atoms with Crippen molar-refractivity contribution in [2.24, 2.45) is 12.5 Å². The van der Waals surface area contributed by atoms with Gasteiger partial charge in [-0.15, -0.1) is 5.10 Å².